The summed E-state index contributed by atoms with van der Waals surface area (Å²) >= 11 is 5.73. The maximum Gasteiger partial charge on any atom is 0.337 e. The molecule has 7 heteroatoms. The molecule has 0 aromatic heterocycles. The molecular formula is C13H16ClNO4S. The summed E-state index contributed by atoms with van der Waals surface area (Å²) in [6, 6.07) is 3.67. The van der Waals surface area contributed by atoms with E-state index in [2.05, 4.69) is 4.72 Å². The van der Waals surface area contributed by atoms with Crippen molar-refractivity contribution in [3.8, 4) is 0 Å². The number of nitrogens with one attached hydrogen (secondary N) is 1. The lowest BCUT2D eigenvalue weighted by Crippen LogP contribution is -2.39. The van der Waals surface area contributed by atoms with Crippen molar-refractivity contribution in [2.45, 2.75) is 31.1 Å². The first kappa shape index (κ1) is 15.3. The summed E-state index contributed by atoms with van der Waals surface area (Å²) in [5, 5.41) is 8.98. The van der Waals surface area contributed by atoms with E-state index in [-0.39, 0.29) is 20.9 Å². The molecule has 1 fully saturated rings. The maximum atomic E-state index is 12.2. The number of rotatable bonds is 5. The van der Waals surface area contributed by atoms with Gasteiger partial charge in [0.15, 0.2) is 0 Å². The smallest absolute Gasteiger partial charge is 0.337 e. The van der Waals surface area contributed by atoms with Crippen LogP contribution < -0.4 is 4.72 Å². The van der Waals surface area contributed by atoms with Gasteiger partial charge in [0, 0.05) is 6.54 Å². The molecule has 2 N–H and O–H groups in total. The van der Waals surface area contributed by atoms with Gasteiger partial charge in [0.2, 0.25) is 10.0 Å². The highest BCUT2D eigenvalue weighted by atomic mass is 35.5. The molecule has 0 unspecified atom stereocenters. The van der Waals surface area contributed by atoms with Crippen molar-refractivity contribution in [3.63, 3.8) is 0 Å². The van der Waals surface area contributed by atoms with E-state index in [1.54, 1.807) is 0 Å². The molecule has 20 heavy (non-hydrogen) atoms. The minimum Gasteiger partial charge on any atom is -0.478 e. The lowest BCUT2D eigenvalue weighted by molar-refractivity contribution is 0.0697. The lowest BCUT2D eigenvalue weighted by Gasteiger charge is -2.38. The van der Waals surface area contributed by atoms with Crippen LogP contribution in [0.3, 0.4) is 0 Å². The second-order valence-corrected chi connectivity index (χ2v) is 7.61. The van der Waals surface area contributed by atoms with Gasteiger partial charge in [-0.25, -0.2) is 17.9 Å². The molecule has 0 saturated heterocycles. The third-order valence-corrected chi connectivity index (χ3v) is 5.46. The molecular weight excluding hydrogens is 302 g/mol. The van der Waals surface area contributed by atoms with Crippen LogP contribution in [0.25, 0.3) is 0 Å². The minimum absolute atomic E-state index is 0.00905. The zero-order valence-corrected chi connectivity index (χ0v) is 12.6. The van der Waals surface area contributed by atoms with Gasteiger partial charge in [-0.15, -0.1) is 0 Å². The molecule has 2 rings (SSSR count). The molecule has 0 amide bonds. The molecule has 110 valence electrons. The molecule has 1 aliphatic carbocycles. The molecule has 0 radical (unpaired) electrons. The summed E-state index contributed by atoms with van der Waals surface area (Å²) in [6.07, 6.45) is 3.11. The highest BCUT2D eigenvalue weighted by molar-refractivity contribution is 7.89. The zero-order valence-electron chi connectivity index (χ0n) is 11.0. The van der Waals surface area contributed by atoms with Gasteiger partial charge < -0.3 is 5.11 Å². The summed E-state index contributed by atoms with van der Waals surface area (Å²) < 4.78 is 26.9. The molecule has 0 bridgehead atoms. The molecule has 5 nitrogen and oxygen atoms in total. The Bertz CT molecular complexity index is 638. The maximum absolute atomic E-state index is 12.2. The number of sulfonamides is 1. The van der Waals surface area contributed by atoms with Gasteiger partial charge in [-0.2, -0.15) is 0 Å². The fraction of sp³-hybridized carbons (Fsp3) is 0.462. The predicted octanol–water partition coefficient (Wildman–Crippen LogP) is 2.51. The third-order valence-electron chi connectivity index (χ3n) is 3.73. The average molecular weight is 318 g/mol. The predicted molar refractivity (Wildman–Crippen MR) is 75.6 cm³/mol. The Morgan fingerprint density at radius 3 is 2.60 bits per heavy atom. The Balaban J connectivity index is 2.21. The number of carboxylic acids is 1. The van der Waals surface area contributed by atoms with Crippen molar-refractivity contribution in [2.75, 3.05) is 6.54 Å². The zero-order chi connectivity index (χ0) is 15.0. The van der Waals surface area contributed by atoms with Gasteiger partial charge in [0.25, 0.3) is 0 Å². The summed E-state index contributed by atoms with van der Waals surface area (Å²) in [4.78, 5) is 10.9. The summed E-state index contributed by atoms with van der Waals surface area (Å²) in [5.74, 6) is -1.25. The van der Waals surface area contributed by atoms with Crippen molar-refractivity contribution in [1.82, 2.24) is 4.72 Å². The first-order chi connectivity index (χ1) is 9.23. The third kappa shape index (κ3) is 3.13. The molecule has 1 aliphatic rings. The Labute approximate surface area is 123 Å². The van der Waals surface area contributed by atoms with E-state index in [9.17, 15) is 13.2 Å². The second kappa shape index (κ2) is 5.35. The van der Waals surface area contributed by atoms with Crippen LogP contribution in [-0.2, 0) is 10.0 Å². The molecule has 0 spiro atoms. The molecule has 0 heterocycles. The summed E-state index contributed by atoms with van der Waals surface area (Å²) in [6.45, 7) is 2.39. The van der Waals surface area contributed by atoms with Gasteiger partial charge in [-0.1, -0.05) is 24.9 Å². The van der Waals surface area contributed by atoms with Crippen LogP contribution in [0.2, 0.25) is 5.02 Å². The highest BCUT2D eigenvalue weighted by Gasteiger charge is 2.33. The fourth-order valence-electron chi connectivity index (χ4n) is 2.15. The van der Waals surface area contributed by atoms with Crippen molar-refractivity contribution < 1.29 is 18.3 Å². The Hall–Kier alpha value is -1.11. The second-order valence-electron chi connectivity index (χ2n) is 5.44. The number of hydrogen-bond donors (Lipinski definition) is 2. The van der Waals surface area contributed by atoms with E-state index in [0.717, 1.165) is 25.3 Å². The van der Waals surface area contributed by atoms with Crippen molar-refractivity contribution in [3.05, 3.63) is 28.8 Å². The van der Waals surface area contributed by atoms with Gasteiger partial charge in [-0.05, 0) is 36.5 Å². The van der Waals surface area contributed by atoms with E-state index in [0.29, 0.717) is 6.54 Å². The average Bonchev–Trinajstić information content (AvgIpc) is 2.34. The fourth-order valence-corrected chi connectivity index (χ4v) is 3.57. The van der Waals surface area contributed by atoms with E-state index in [1.165, 1.54) is 12.1 Å². The van der Waals surface area contributed by atoms with Crippen LogP contribution in [0, 0.1) is 5.41 Å². The number of carboxylic acid groups (broad SMARTS) is 1. The minimum atomic E-state index is -3.71. The van der Waals surface area contributed by atoms with Crippen molar-refractivity contribution in [2.24, 2.45) is 5.41 Å². The van der Waals surface area contributed by atoms with Gasteiger partial charge in [-0.3, -0.25) is 0 Å². The first-order valence-corrected chi connectivity index (χ1v) is 8.12. The lowest BCUT2D eigenvalue weighted by atomic mass is 9.71. The molecule has 0 aliphatic heterocycles. The van der Waals surface area contributed by atoms with Gasteiger partial charge >= 0.3 is 5.97 Å². The summed E-state index contributed by atoms with van der Waals surface area (Å²) in [5.41, 5.74) is -0.209. The van der Waals surface area contributed by atoms with Crippen LogP contribution in [0.1, 0.15) is 36.5 Å². The number of aromatic carboxylic acids is 1. The van der Waals surface area contributed by atoms with E-state index < -0.39 is 16.0 Å². The Morgan fingerprint density at radius 2 is 2.10 bits per heavy atom. The van der Waals surface area contributed by atoms with Crippen molar-refractivity contribution >= 4 is 27.6 Å². The van der Waals surface area contributed by atoms with Gasteiger partial charge in [0.05, 0.1) is 15.5 Å². The van der Waals surface area contributed by atoms with E-state index >= 15 is 0 Å². The van der Waals surface area contributed by atoms with Crippen LogP contribution in [0.4, 0.5) is 0 Å². The number of halogens is 1. The molecule has 1 aromatic carbocycles. The van der Waals surface area contributed by atoms with Crippen molar-refractivity contribution in [1.29, 1.82) is 0 Å². The highest BCUT2D eigenvalue weighted by Crippen LogP contribution is 2.39. The Kier molecular flexibility index (Phi) is 4.09. The van der Waals surface area contributed by atoms with Crippen LogP contribution in [-0.4, -0.2) is 26.0 Å². The number of benzene rings is 1. The topological polar surface area (TPSA) is 83.5 Å². The Morgan fingerprint density at radius 1 is 1.45 bits per heavy atom. The van der Waals surface area contributed by atoms with Gasteiger partial charge in [0.1, 0.15) is 0 Å². The molecule has 1 saturated carbocycles. The monoisotopic (exact) mass is 317 g/mol. The quantitative estimate of drug-likeness (QED) is 0.874. The SMILES string of the molecule is CC1(CNS(=O)(=O)c2ccc(Cl)c(C(=O)O)c2)CCC1. The van der Waals surface area contributed by atoms with Crippen LogP contribution in [0.15, 0.2) is 23.1 Å². The normalized spacial score (nSPS) is 17.5. The van der Waals surface area contributed by atoms with E-state index in [4.69, 9.17) is 16.7 Å². The largest absolute Gasteiger partial charge is 0.478 e. The molecule has 1 aromatic rings. The number of hydrogen-bond acceptors (Lipinski definition) is 3. The van der Waals surface area contributed by atoms with Crippen LogP contribution in [0.5, 0.6) is 0 Å². The first-order valence-electron chi connectivity index (χ1n) is 6.26. The molecule has 0 atom stereocenters. The van der Waals surface area contributed by atoms with E-state index in [1.807, 2.05) is 6.92 Å². The standard InChI is InChI=1S/C13H16ClNO4S/c1-13(5-2-6-13)8-15-20(18,19)9-3-4-11(14)10(7-9)12(16)17/h3-4,7,15H,2,5-6,8H2,1H3,(H,16,17). The van der Waals surface area contributed by atoms with Crippen LogP contribution >= 0.6 is 11.6 Å². The number of carbonyl (C=O) groups is 1. The summed E-state index contributed by atoms with van der Waals surface area (Å²) in [7, 11) is -3.71.